The zero-order valence-corrected chi connectivity index (χ0v) is 17.2. The third kappa shape index (κ3) is 5.22. The van der Waals surface area contributed by atoms with E-state index >= 15 is 0 Å². The number of esters is 1. The molecule has 0 saturated heterocycles. The number of hydroxylamine groups is 2. The van der Waals surface area contributed by atoms with Gasteiger partial charge in [0.25, 0.3) is 5.91 Å². The molecule has 0 aromatic carbocycles. The summed E-state index contributed by atoms with van der Waals surface area (Å²) < 4.78 is 10.3. The van der Waals surface area contributed by atoms with E-state index in [9.17, 15) is 14.4 Å². The molecule has 0 radical (unpaired) electrons. The first-order chi connectivity index (χ1) is 13.0. The zero-order chi connectivity index (χ0) is 21.1. The lowest BCUT2D eigenvalue weighted by molar-refractivity contribution is -0.183. The number of hydrogen-bond donors (Lipinski definition) is 1. The average molecular weight is 396 g/mol. The van der Waals surface area contributed by atoms with Crippen LogP contribution in [-0.4, -0.2) is 70.0 Å². The minimum Gasteiger partial charge on any atom is -0.464 e. The van der Waals surface area contributed by atoms with Gasteiger partial charge in [0.05, 0.1) is 13.2 Å². The molecule has 28 heavy (non-hydrogen) atoms. The van der Waals surface area contributed by atoms with Crippen LogP contribution in [0, 0.1) is 0 Å². The molecule has 1 aromatic rings. The summed E-state index contributed by atoms with van der Waals surface area (Å²) in [5.74, 6) is -1.10. The molecular formula is C18H28N4O6. The maximum absolute atomic E-state index is 12.7. The van der Waals surface area contributed by atoms with Crippen LogP contribution in [0.15, 0.2) is 0 Å². The summed E-state index contributed by atoms with van der Waals surface area (Å²) in [7, 11) is 1.40. The lowest BCUT2D eigenvalue weighted by Crippen LogP contribution is -2.40. The number of nitrogens with zero attached hydrogens (tertiary/aromatic N) is 3. The van der Waals surface area contributed by atoms with Gasteiger partial charge in [0.1, 0.15) is 5.60 Å². The lowest BCUT2D eigenvalue weighted by atomic mass is 10.1. The van der Waals surface area contributed by atoms with Crippen molar-refractivity contribution in [1.29, 1.82) is 0 Å². The van der Waals surface area contributed by atoms with Crippen LogP contribution in [0.25, 0.3) is 0 Å². The molecule has 1 unspecified atom stereocenters. The molecule has 1 aliphatic heterocycles. The Bertz CT molecular complexity index is 739. The molecule has 0 bridgehead atoms. The summed E-state index contributed by atoms with van der Waals surface area (Å²) in [4.78, 5) is 43.6. The van der Waals surface area contributed by atoms with Crippen LogP contribution in [0.4, 0.5) is 4.79 Å². The number of nitrogens with one attached hydrogen (secondary N) is 1. The Morgan fingerprint density at radius 1 is 1.32 bits per heavy atom. The predicted octanol–water partition coefficient (Wildman–Crippen LogP) is 1.66. The standard InChI is InChI=1S/C18H28N4O6/c1-7-26-16(24)11(2)28-21(6)15(23)14-12-10-22(9-8-13(12)19-20-14)17(25)27-18(3,4)5/h11H,7-10H2,1-6H3,(H,19,20). The highest BCUT2D eigenvalue weighted by Crippen LogP contribution is 2.23. The van der Waals surface area contributed by atoms with Gasteiger partial charge in [-0.05, 0) is 34.6 Å². The van der Waals surface area contributed by atoms with Crippen molar-refractivity contribution in [2.24, 2.45) is 0 Å². The average Bonchev–Trinajstić information content (AvgIpc) is 3.02. The number of aromatic amines is 1. The number of carbonyl (C=O) groups is 3. The first-order valence-corrected chi connectivity index (χ1v) is 9.19. The van der Waals surface area contributed by atoms with Crippen LogP contribution in [0.2, 0.25) is 0 Å². The fraction of sp³-hybridized carbons (Fsp3) is 0.667. The summed E-state index contributed by atoms with van der Waals surface area (Å²) in [6.07, 6.45) is -0.862. The maximum atomic E-state index is 12.7. The minimum absolute atomic E-state index is 0.141. The first-order valence-electron chi connectivity index (χ1n) is 9.19. The topological polar surface area (TPSA) is 114 Å². The lowest BCUT2D eigenvalue weighted by Gasteiger charge is -2.30. The van der Waals surface area contributed by atoms with Gasteiger partial charge in [0.2, 0.25) is 0 Å². The van der Waals surface area contributed by atoms with Crippen molar-refractivity contribution in [3.8, 4) is 0 Å². The van der Waals surface area contributed by atoms with Crippen molar-refractivity contribution in [3.05, 3.63) is 17.0 Å². The third-order valence-electron chi connectivity index (χ3n) is 4.01. The van der Waals surface area contributed by atoms with Gasteiger partial charge in [0, 0.05) is 31.3 Å². The van der Waals surface area contributed by atoms with Crippen molar-refractivity contribution in [1.82, 2.24) is 20.2 Å². The molecule has 10 nitrogen and oxygen atoms in total. The number of aromatic nitrogens is 2. The number of ether oxygens (including phenoxy) is 2. The second-order valence-corrected chi connectivity index (χ2v) is 7.48. The molecule has 1 aliphatic rings. The van der Waals surface area contributed by atoms with E-state index in [1.807, 2.05) is 0 Å². The zero-order valence-electron chi connectivity index (χ0n) is 17.2. The molecule has 0 aliphatic carbocycles. The maximum Gasteiger partial charge on any atom is 0.410 e. The molecule has 10 heteroatoms. The van der Waals surface area contributed by atoms with Crippen molar-refractivity contribution >= 4 is 18.0 Å². The van der Waals surface area contributed by atoms with Crippen LogP contribution in [0.5, 0.6) is 0 Å². The van der Waals surface area contributed by atoms with E-state index in [0.717, 1.165) is 10.8 Å². The minimum atomic E-state index is -0.943. The van der Waals surface area contributed by atoms with Crippen LogP contribution in [0.3, 0.4) is 0 Å². The van der Waals surface area contributed by atoms with Crippen molar-refractivity contribution in [3.63, 3.8) is 0 Å². The highest BCUT2D eigenvalue weighted by molar-refractivity contribution is 5.93. The predicted molar refractivity (Wildman–Crippen MR) is 98.2 cm³/mol. The molecule has 0 fully saturated rings. The summed E-state index contributed by atoms with van der Waals surface area (Å²) in [6, 6.07) is 0. The Morgan fingerprint density at radius 2 is 2.00 bits per heavy atom. The Kier molecular flexibility index (Phi) is 6.65. The van der Waals surface area contributed by atoms with Gasteiger partial charge in [-0.3, -0.25) is 14.7 Å². The van der Waals surface area contributed by atoms with Gasteiger partial charge in [-0.25, -0.2) is 14.7 Å². The Morgan fingerprint density at radius 3 is 2.61 bits per heavy atom. The highest BCUT2D eigenvalue weighted by Gasteiger charge is 2.32. The number of hydrogen-bond acceptors (Lipinski definition) is 7. The van der Waals surface area contributed by atoms with Crippen LogP contribution < -0.4 is 0 Å². The molecule has 0 saturated carbocycles. The van der Waals surface area contributed by atoms with E-state index in [1.54, 1.807) is 27.7 Å². The SMILES string of the molecule is CCOC(=O)C(C)ON(C)C(=O)c1n[nH]c2c1CN(C(=O)OC(C)(C)C)CC2. The molecule has 2 heterocycles. The van der Waals surface area contributed by atoms with Gasteiger partial charge in [-0.1, -0.05) is 0 Å². The van der Waals surface area contributed by atoms with Crippen molar-refractivity contribution in [2.45, 2.75) is 59.3 Å². The van der Waals surface area contributed by atoms with Crippen molar-refractivity contribution < 1.29 is 28.7 Å². The van der Waals surface area contributed by atoms with Gasteiger partial charge in [-0.2, -0.15) is 5.10 Å². The van der Waals surface area contributed by atoms with E-state index in [2.05, 4.69) is 10.2 Å². The normalized spacial score (nSPS) is 14.9. The van der Waals surface area contributed by atoms with E-state index in [4.69, 9.17) is 14.3 Å². The fourth-order valence-electron chi connectivity index (χ4n) is 2.69. The van der Waals surface area contributed by atoms with E-state index < -0.39 is 29.7 Å². The Hall–Kier alpha value is -2.62. The van der Waals surface area contributed by atoms with Gasteiger partial charge in [-0.15, -0.1) is 0 Å². The fourth-order valence-corrected chi connectivity index (χ4v) is 2.69. The molecule has 1 aromatic heterocycles. The Labute approximate surface area is 164 Å². The smallest absolute Gasteiger partial charge is 0.410 e. The molecule has 2 amide bonds. The second-order valence-electron chi connectivity index (χ2n) is 7.48. The first kappa shape index (κ1) is 21.7. The van der Waals surface area contributed by atoms with Gasteiger partial charge >= 0.3 is 12.1 Å². The number of fused-ring (bicyclic) bond motifs is 1. The van der Waals surface area contributed by atoms with E-state index in [1.165, 1.54) is 18.9 Å². The molecule has 0 spiro atoms. The van der Waals surface area contributed by atoms with E-state index in [0.29, 0.717) is 18.5 Å². The van der Waals surface area contributed by atoms with Crippen molar-refractivity contribution in [2.75, 3.05) is 20.2 Å². The number of rotatable bonds is 5. The molecule has 156 valence electrons. The summed E-state index contributed by atoms with van der Waals surface area (Å²) in [6.45, 7) is 9.45. The van der Waals surface area contributed by atoms with Crippen LogP contribution >= 0.6 is 0 Å². The van der Waals surface area contributed by atoms with Crippen LogP contribution in [0.1, 0.15) is 56.4 Å². The molecule has 1 N–H and O–H groups in total. The second kappa shape index (κ2) is 8.59. The van der Waals surface area contributed by atoms with E-state index in [-0.39, 0.29) is 18.8 Å². The monoisotopic (exact) mass is 396 g/mol. The molecular weight excluding hydrogens is 368 g/mol. The highest BCUT2D eigenvalue weighted by atomic mass is 16.7. The number of H-pyrrole nitrogens is 1. The summed E-state index contributed by atoms with van der Waals surface area (Å²) in [5.41, 5.74) is 0.933. The van der Waals surface area contributed by atoms with Gasteiger partial charge in [0.15, 0.2) is 11.8 Å². The molecule has 2 rings (SSSR count). The Balaban J connectivity index is 2.09. The molecule has 1 atom stereocenters. The third-order valence-corrected chi connectivity index (χ3v) is 4.01. The summed E-state index contributed by atoms with van der Waals surface area (Å²) in [5, 5.41) is 7.88. The van der Waals surface area contributed by atoms with Gasteiger partial charge < -0.3 is 14.4 Å². The number of amides is 2. The largest absolute Gasteiger partial charge is 0.464 e. The number of carbonyl (C=O) groups excluding carboxylic acids is 3. The summed E-state index contributed by atoms with van der Waals surface area (Å²) >= 11 is 0. The van der Waals surface area contributed by atoms with Crippen LogP contribution in [-0.2, 0) is 32.1 Å². The quantitative estimate of drug-likeness (QED) is 0.595.